The van der Waals surface area contributed by atoms with E-state index in [4.69, 9.17) is 9.47 Å². The minimum Gasteiger partial charge on any atom is -0.493 e. The summed E-state index contributed by atoms with van der Waals surface area (Å²) in [5.41, 5.74) is 1.19. The maximum atomic E-state index is 5.35. The Labute approximate surface area is 159 Å². The predicted octanol–water partition coefficient (Wildman–Crippen LogP) is 2.53. The van der Waals surface area contributed by atoms with Crippen LogP contribution in [-0.4, -0.2) is 63.8 Å². The Kier molecular flexibility index (Phi) is 9.88. The highest BCUT2D eigenvalue weighted by atomic mass is 16.5. The first-order valence-electron chi connectivity index (χ1n) is 9.34. The molecular weight excluding hydrogens is 328 g/mol. The highest BCUT2D eigenvalue weighted by Gasteiger charge is 2.12. The molecule has 0 atom stereocenters. The van der Waals surface area contributed by atoms with Gasteiger partial charge in [-0.2, -0.15) is 0 Å². The second kappa shape index (κ2) is 11.6. The SMILES string of the molecule is CN=C(NCCc1ccc(OC)c(OC)c1)NCCN(C(C)C)C(C)C. The average molecular weight is 365 g/mol. The summed E-state index contributed by atoms with van der Waals surface area (Å²) in [6, 6.07) is 7.09. The van der Waals surface area contributed by atoms with Crippen molar-refractivity contribution in [3.8, 4) is 11.5 Å². The van der Waals surface area contributed by atoms with Gasteiger partial charge < -0.3 is 20.1 Å². The van der Waals surface area contributed by atoms with Gasteiger partial charge in [0.2, 0.25) is 0 Å². The zero-order valence-corrected chi connectivity index (χ0v) is 17.4. The summed E-state index contributed by atoms with van der Waals surface area (Å²) < 4.78 is 10.6. The molecule has 148 valence electrons. The third kappa shape index (κ3) is 7.12. The number of aliphatic imine (C=N–C) groups is 1. The Morgan fingerprint density at radius 3 is 2.15 bits per heavy atom. The summed E-state index contributed by atoms with van der Waals surface area (Å²) in [4.78, 5) is 6.76. The first kappa shape index (κ1) is 22.1. The summed E-state index contributed by atoms with van der Waals surface area (Å²) in [6.07, 6.45) is 0.880. The zero-order chi connectivity index (χ0) is 19.5. The van der Waals surface area contributed by atoms with E-state index < -0.39 is 0 Å². The van der Waals surface area contributed by atoms with Crippen LogP contribution in [0.2, 0.25) is 0 Å². The Bertz CT molecular complexity index is 551. The molecule has 0 saturated heterocycles. The largest absolute Gasteiger partial charge is 0.493 e. The summed E-state index contributed by atoms with van der Waals surface area (Å²) in [5, 5.41) is 6.75. The first-order valence-corrected chi connectivity index (χ1v) is 9.34. The van der Waals surface area contributed by atoms with E-state index in [0.29, 0.717) is 12.1 Å². The second-order valence-corrected chi connectivity index (χ2v) is 6.79. The molecule has 6 nitrogen and oxygen atoms in total. The lowest BCUT2D eigenvalue weighted by molar-refractivity contribution is 0.178. The van der Waals surface area contributed by atoms with Gasteiger partial charge in [-0.25, -0.2) is 0 Å². The molecule has 0 aromatic heterocycles. The summed E-state index contributed by atoms with van der Waals surface area (Å²) in [6.45, 7) is 11.6. The number of nitrogens with zero attached hydrogens (tertiary/aromatic N) is 2. The van der Waals surface area contributed by atoms with Gasteiger partial charge in [-0.3, -0.25) is 9.89 Å². The maximum absolute atomic E-state index is 5.35. The fraction of sp³-hybridized carbons (Fsp3) is 0.650. The number of guanidine groups is 1. The average Bonchev–Trinajstić information content (AvgIpc) is 2.62. The van der Waals surface area contributed by atoms with Crippen molar-refractivity contribution < 1.29 is 9.47 Å². The molecule has 0 aliphatic carbocycles. The molecule has 2 N–H and O–H groups in total. The normalized spacial score (nSPS) is 12.0. The van der Waals surface area contributed by atoms with Crippen molar-refractivity contribution in [2.45, 2.75) is 46.2 Å². The molecule has 0 heterocycles. The topological polar surface area (TPSA) is 58.1 Å². The van der Waals surface area contributed by atoms with Gasteiger partial charge in [0, 0.05) is 38.8 Å². The van der Waals surface area contributed by atoms with Crippen molar-refractivity contribution in [3.63, 3.8) is 0 Å². The van der Waals surface area contributed by atoms with Crippen molar-refractivity contribution >= 4 is 5.96 Å². The predicted molar refractivity (Wildman–Crippen MR) is 110 cm³/mol. The quantitative estimate of drug-likeness (QED) is 0.494. The second-order valence-electron chi connectivity index (χ2n) is 6.79. The van der Waals surface area contributed by atoms with Gasteiger partial charge in [0.1, 0.15) is 0 Å². The fourth-order valence-corrected chi connectivity index (χ4v) is 3.00. The Hall–Kier alpha value is -1.95. The standard InChI is InChI=1S/C20H36N4O2/c1-15(2)24(16(3)4)13-12-23-20(21-5)22-11-10-17-8-9-18(25-6)19(14-17)26-7/h8-9,14-16H,10-13H2,1-7H3,(H2,21,22,23). The van der Waals surface area contributed by atoms with Gasteiger partial charge in [0.05, 0.1) is 14.2 Å². The van der Waals surface area contributed by atoms with Crippen LogP contribution in [0.3, 0.4) is 0 Å². The molecule has 0 fully saturated rings. The van der Waals surface area contributed by atoms with Crippen molar-refractivity contribution in [1.82, 2.24) is 15.5 Å². The monoisotopic (exact) mass is 364 g/mol. The van der Waals surface area contributed by atoms with Crippen molar-refractivity contribution in [2.75, 3.05) is 40.9 Å². The third-order valence-corrected chi connectivity index (χ3v) is 4.37. The molecular formula is C20H36N4O2. The summed E-state index contributed by atoms with van der Waals surface area (Å²) in [7, 11) is 5.10. The molecule has 0 saturated carbocycles. The Balaban J connectivity index is 2.43. The molecule has 0 aliphatic rings. The number of hydrogen-bond acceptors (Lipinski definition) is 4. The highest BCUT2D eigenvalue weighted by molar-refractivity contribution is 5.79. The molecule has 0 aliphatic heterocycles. The summed E-state index contributed by atoms with van der Waals surface area (Å²) >= 11 is 0. The first-order chi connectivity index (χ1) is 12.4. The van der Waals surface area contributed by atoms with Crippen LogP contribution in [0.4, 0.5) is 0 Å². The van der Waals surface area contributed by atoms with Gasteiger partial charge >= 0.3 is 0 Å². The van der Waals surface area contributed by atoms with Crippen molar-refractivity contribution in [1.29, 1.82) is 0 Å². The van der Waals surface area contributed by atoms with Crippen LogP contribution in [0.25, 0.3) is 0 Å². The molecule has 26 heavy (non-hydrogen) atoms. The number of nitrogens with one attached hydrogen (secondary N) is 2. The Morgan fingerprint density at radius 1 is 1.00 bits per heavy atom. The van der Waals surface area contributed by atoms with E-state index in [2.05, 4.69) is 54.3 Å². The van der Waals surface area contributed by atoms with E-state index >= 15 is 0 Å². The van der Waals surface area contributed by atoms with Gasteiger partial charge in [-0.1, -0.05) is 6.07 Å². The van der Waals surface area contributed by atoms with Crippen LogP contribution in [0, 0.1) is 0 Å². The van der Waals surface area contributed by atoms with Crippen LogP contribution in [0.5, 0.6) is 11.5 Å². The molecule has 0 spiro atoms. The zero-order valence-electron chi connectivity index (χ0n) is 17.4. The molecule has 6 heteroatoms. The van der Waals surface area contributed by atoms with Crippen LogP contribution < -0.4 is 20.1 Å². The van der Waals surface area contributed by atoms with E-state index in [1.807, 2.05) is 12.1 Å². The molecule has 0 amide bonds. The number of ether oxygens (including phenoxy) is 2. The fourth-order valence-electron chi connectivity index (χ4n) is 3.00. The van der Waals surface area contributed by atoms with Gasteiger partial charge in [-0.05, 0) is 51.8 Å². The smallest absolute Gasteiger partial charge is 0.191 e. The lowest BCUT2D eigenvalue weighted by Gasteiger charge is -2.30. The molecule has 0 bridgehead atoms. The lowest BCUT2D eigenvalue weighted by atomic mass is 10.1. The van der Waals surface area contributed by atoms with E-state index in [1.165, 1.54) is 5.56 Å². The Morgan fingerprint density at radius 2 is 1.62 bits per heavy atom. The van der Waals surface area contributed by atoms with Crippen LogP contribution in [0.1, 0.15) is 33.3 Å². The number of methoxy groups -OCH3 is 2. The minimum atomic E-state index is 0.539. The highest BCUT2D eigenvalue weighted by Crippen LogP contribution is 2.27. The lowest BCUT2D eigenvalue weighted by Crippen LogP contribution is -2.45. The maximum Gasteiger partial charge on any atom is 0.191 e. The van der Waals surface area contributed by atoms with Gasteiger partial charge in [-0.15, -0.1) is 0 Å². The van der Waals surface area contributed by atoms with Gasteiger partial charge in [0.15, 0.2) is 17.5 Å². The molecule has 0 unspecified atom stereocenters. The van der Waals surface area contributed by atoms with E-state index in [0.717, 1.165) is 43.5 Å². The van der Waals surface area contributed by atoms with Crippen LogP contribution in [0.15, 0.2) is 23.2 Å². The molecule has 1 aromatic carbocycles. The third-order valence-electron chi connectivity index (χ3n) is 4.37. The van der Waals surface area contributed by atoms with Crippen molar-refractivity contribution in [2.24, 2.45) is 4.99 Å². The number of hydrogen-bond donors (Lipinski definition) is 2. The minimum absolute atomic E-state index is 0.539. The van der Waals surface area contributed by atoms with Crippen LogP contribution in [-0.2, 0) is 6.42 Å². The van der Waals surface area contributed by atoms with E-state index in [9.17, 15) is 0 Å². The van der Waals surface area contributed by atoms with Gasteiger partial charge in [0.25, 0.3) is 0 Å². The van der Waals surface area contributed by atoms with E-state index in [1.54, 1.807) is 21.3 Å². The molecule has 0 radical (unpaired) electrons. The van der Waals surface area contributed by atoms with Crippen LogP contribution >= 0.6 is 0 Å². The van der Waals surface area contributed by atoms with E-state index in [-0.39, 0.29) is 0 Å². The molecule has 1 rings (SSSR count). The van der Waals surface area contributed by atoms with Crippen molar-refractivity contribution in [3.05, 3.63) is 23.8 Å². The summed E-state index contributed by atoms with van der Waals surface area (Å²) in [5.74, 6) is 2.34. The number of rotatable bonds is 10. The number of benzene rings is 1. The molecule has 1 aromatic rings.